The van der Waals surface area contributed by atoms with Crippen LogP contribution in [0.5, 0.6) is 5.75 Å². The van der Waals surface area contributed by atoms with Crippen LogP contribution in [0.25, 0.3) is 16.3 Å². The van der Waals surface area contributed by atoms with Crippen LogP contribution in [0.2, 0.25) is 5.02 Å². The minimum Gasteiger partial charge on any atom is -0.494 e. The van der Waals surface area contributed by atoms with E-state index in [2.05, 4.69) is 15.3 Å². The number of halogens is 1. The van der Waals surface area contributed by atoms with Gasteiger partial charge in [0, 0.05) is 11.1 Å². The van der Waals surface area contributed by atoms with Gasteiger partial charge >= 0.3 is 0 Å². The van der Waals surface area contributed by atoms with Gasteiger partial charge in [-0.15, -0.1) is 11.3 Å². The number of aromatic nitrogens is 1. The molecule has 0 atom stereocenters. The maximum atomic E-state index is 12.3. The summed E-state index contributed by atoms with van der Waals surface area (Å²) >= 11 is 10.2. The number of fused-ring (bicyclic) bond motifs is 1. The van der Waals surface area contributed by atoms with Crippen molar-refractivity contribution in [3.8, 4) is 5.75 Å². The predicted molar refractivity (Wildman–Crippen MR) is 136 cm³/mol. The van der Waals surface area contributed by atoms with Crippen molar-refractivity contribution in [2.24, 2.45) is 4.99 Å². The lowest BCUT2D eigenvalue weighted by molar-refractivity contribution is -0.115. The summed E-state index contributed by atoms with van der Waals surface area (Å²) in [5.41, 5.74) is 1.63. The molecule has 10 heteroatoms. The first-order valence-electron chi connectivity index (χ1n) is 9.92. The third-order valence-electron chi connectivity index (χ3n) is 4.42. The number of thiazole rings is 1. The van der Waals surface area contributed by atoms with Crippen LogP contribution in [0, 0.1) is 0 Å². The Morgan fingerprint density at radius 2 is 2.06 bits per heavy atom. The van der Waals surface area contributed by atoms with Gasteiger partial charge in [-0.2, -0.15) is 0 Å². The Labute approximate surface area is 207 Å². The smallest absolute Gasteiger partial charge is 0.264 e. The first-order valence-corrected chi connectivity index (χ1v) is 12.7. The molecule has 1 aliphatic heterocycles. The van der Waals surface area contributed by atoms with Crippen LogP contribution in [-0.4, -0.2) is 22.7 Å². The summed E-state index contributed by atoms with van der Waals surface area (Å²) in [4.78, 5) is 21.9. The molecule has 0 saturated carbocycles. The number of carbonyl (C=O) groups is 1. The van der Waals surface area contributed by atoms with Crippen molar-refractivity contribution in [2.75, 3.05) is 6.61 Å². The largest absolute Gasteiger partial charge is 0.494 e. The van der Waals surface area contributed by atoms with Crippen molar-refractivity contribution in [3.05, 3.63) is 70.3 Å². The third kappa shape index (κ3) is 5.27. The molecule has 2 aromatic carbocycles. The number of benzene rings is 2. The number of furan rings is 1. The van der Waals surface area contributed by atoms with E-state index in [0.29, 0.717) is 38.2 Å². The van der Waals surface area contributed by atoms with Gasteiger partial charge in [0.25, 0.3) is 5.91 Å². The highest BCUT2D eigenvalue weighted by molar-refractivity contribution is 8.18. The van der Waals surface area contributed by atoms with Crippen molar-refractivity contribution >= 4 is 79.5 Å². The van der Waals surface area contributed by atoms with Gasteiger partial charge in [-0.05, 0) is 85.0 Å². The van der Waals surface area contributed by atoms with E-state index in [1.54, 1.807) is 41.7 Å². The van der Waals surface area contributed by atoms with Gasteiger partial charge in [-0.1, -0.05) is 11.6 Å². The lowest BCUT2D eigenvalue weighted by Crippen LogP contribution is -2.19. The summed E-state index contributed by atoms with van der Waals surface area (Å²) in [7, 11) is 0. The molecule has 2 aromatic heterocycles. The number of rotatable bonds is 6. The first-order chi connectivity index (χ1) is 16.1. The fourth-order valence-corrected chi connectivity index (χ4v) is 5.93. The quantitative estimate of drug-likeness (QED) is 0.280. The maximum Gasteiger partial charge on any atom is 0.264 e. The van der Waals surface area contributed by atoms with Gasteiger partial charge in [0.15, 0.2) is 14.6 Å². The number of nitrogens with one attached hydrogen (secondary N) is 1. The van der Waals surface area contributed by atoms with Crippen molar-refractivity contribution in [3.63, 3.8) is 0 Å². The second-order valence-corrected chi connectivity index (χ2v) is 10.5. The minimum absolute atomic E-state index is 0.213. The highest BCUT2D eigenvalue weighted by Crippen LogP contribution is 2.37. The Morgan fingerprint density at radius 3 is 2.88 bits per heavy atom. The lowest BCUT2D eigenvalue weighted by Gasteiger charge is -2.00. The summed E-state index contributed by atoms with van der Waals surface area (Å²) in [5.74, 6) is 1.21. The molecule has 1 fully saturated rings. The number of ether oxygens (including phenoxy) is 1. The summed E-state index contributed by atoms with van der Waals surface area (Å²) in [6.45, 7) is 2.59. The average molecular weight is 514 g/mol. The standard InChI is InChI=1S/C23H16ClN3O3S3/c1-2-29-15-7-9-17-18(11-15)32-23(26-17)33-20-10-8-16(30-20)12-19-21(28)27-22(31-19)25-14-5-3-13(24)4-6-14/h3-12H,2H2,1H3,(H,25,27,28)/b19-12-. The fourth-order valence-electron chi connectivity index (χ4n) is 2.98. The molecule has 5 rings (SSSR count). The molecule has 1 N–H and O–H groups in total. The van der Waals surface area contributed by atoms with Crippen LogP contribution >= 0.6 is 46.5 Å². The predicted octanol–water partition coefficient (Wildman–Crippen LogP) is 6.98. The van der Waals surface area contributed by atoms with E-state index in [0.717, 1.165) is 20.3 Å². The molecule has 0 bridgehead atoms. The lowest BCUT2D eigenvalue weighted by atomic mass is 10.3. The van der Waals surface area contributed by atoms with Crippen molar-refractivity contribution < 1.29 is 13.9 Å². The van der Waals surface area contributed by atoms with E-state index in [1.165, 1.54) is 23.5 Å². The molecule has 0 unspecified atom stereocenters. The Kier molecular flexibility index (Phi) is 6.45. The molecule has 0 radical (unpaired) electrons. The van der Waals surface area contributed by atoms with Crippen molar-refractivity contribution in [1.29, 1.82) is 0 Å². The zero-order chi connectivity index (χ0) is 22.8. The van der Waals surface area contributed by atoms with Gasteiger partial charge in [0.05, 0.1) is 27.4 Å². The highest BCUT2D eigenvalue weighted by Gasteiger charge is 2.24. The Balaban J connectivity index is 1.29. The molecule has 0 aliphatic carbocycles. The molecule has 166 valence electrons. The highest BCUT2D eigenvalue weighted by atomic mass is 35.5. The number of amides is 1. The minimum atomic E-state index is -0.213. The topological polar surface area (TPSA) is 76.7 Å². The second kappa shape index (κ2) is 9.64. The molecule has 1 saturated heterocycles. The number of thioether (sulfide) groups is 1. The summed E-state index contributed by atoms with van der Waals surface area (Å²) < 4.78 is 13.4. The molecule has 6 nitrogen and oxygen atoms in total. The number of aliphatic imine (C=N–C) groups is 1. The van der Waals surface area contributed by atoms with Crippen LogP contribution in [-0.2, 0) is 4.79 Å². The Bertz CT molecular complexity index is 1390. The number of hydrogen-bond acceptors (Lipinski definition) is 8. The molecule has 3 heterocycles. The van der Waals surface area contributed by atoms with E-state index in [1.807, 2.05) is 37.3 Å². The Hall–Kier alpha value is -2.72. The zero-order valence-corrected chi connectivity index (χ0v) is 20.4. The number of hydrogen-bond donors (Lipinski definition) is 1. The number of nitrogens with zero attached hydrogens (tertiary/aromatic N) is 2. The number of carbonyl (C=O) groups excluding carboxylic acids is 1. The normalized spacial score (nSPS) is 16.1. The van der Waals surface area contributed by atoms with Crippen LogP contribution < -0.4 is 10.1 Å². The number of amidine groups is 1. The molecule has 0 spiro atoms. The average Bonchev–Trinajstić information content (AvgIpc) is 3.49. The molecular formula is C23H16ClN3O3S3. The van der Waals surface area contributed by atoms with Crippen molar-refractivity contribution in [2.45, 2.75) is 16.4 Å². The van der Waals surface area contributed by atoms with E-state index in [9.17, 15) is 4.79 Å². The van der Waals surface area contributed by atoms with E-state index >= 15 is 0 Å². The zero-order valence-electron chi connectivity index (χ0n) is 17.2. The first kappa shape index (κ1) is 22.1. The van der Waals surface area contributed by atoms with Gasteiger partial charge in [-0.3, -0.25) is 4.79 Å². The summed E-state index contributed by atoms with van der Waals surface area (Å²) in [6.07, 6.45) is 1.71. The van der Waals surface area contributed by atoms with Gasteiger partial charge in [0.1, 0.15) is 11.5 Å². The molecular weight excluding hydrogens is 498 g/mol. The fraction of sp³-hybridized carbons (Fsp3) is 0.0870. The third-order valence-corrected chi connectivity index (χ3v) is 7.58. The van der Waals surface area contributed by atoms with Gasteiger partial charge in [-0.25, -0.2) is 9.98 Å². The maximum absolute atomic E-state index is 12.3. The molecule has 33 heavy (non-hydrogen) atoms. The van der Waals surface area contributed by atoms with E-state index in [4.69, 9.17) is 20.8 Å². The van der Waals surface area contributed by atoms with Gasteiger partial charge in [0.2, 0.25) is 0 Å². The monoisotopic (exact) mass is 513 g/mol. The molecule has 1 amide bonds. The molecule has 4 aromatic rings. The van der Waals surface area contributed by atoms with Gasteiger partial charge < -0.3 is 14.5 Å². The van der Waals surface area contributed by atoms with Crippen LogP contribution in [0.3, 0.4) is 0 Å². The van der Waals surface area contributed by atoms with Crippen LogP contribution in [0.15, 0.2) is 78.3 Å². The van der Waals surface area contributed by atoms with E-state index < -0.39 is 0 Å². The SMILES string of the molecule is CCOc1ccc2nc(Sc3ccc(/C=C4\SC(=Nc5ccc(Cl)cc5)NC4=O)o3)sc2c1. The summed E-state index contributed by atoms with van der Waals surface area (Å²) in [6, 6.07) is 16.7. The second-order valence-electron chi connectivity index (χ2n) is 6.76. The Morgan fingerprint density at radius 1 is 1.21 bits per heavy atom. The van der Waals surface area contributed by atoms with Crippen molar-refractivity contribution in [1.82, 2.24) is 10.3 Å². The summed E-state index contributed by atoms with van der Waals surface area (Å²) in [5, 5.41) is 4.61. The van der Waals surface area contributed by atoms with E-state index in [-0.39, 0.29) is 5.91 Å². The van der Waals surface area contributed by atoms with Crippen LogP contribution in [0.1, 0.15) is 12.7 Å². The molecule has 1 aliphatic rings. The van der Waals surface area contributed by atoms with Crippen LogP contribution in [0.4, 0.5) is 5.69 Å².